The average Bonchev–Trinajstić information content (AvgIpc) is 2.98. The van der Waals surface area contributed by atoms with Crippen molar-refractivity contribution in [3.8, 4) is 5.88 Å². The zero-order valence-electron chi connectivity index (χ0n) is 11.4. The van der Waals surface area contributed by atoms with Crippen LogP contribution in [0.2, 0.25) is 0 Å². The molecule has 0 radical (unpaired) electrons. The number of aromatic nitrogens is 2. The smallest absolute Gasteiger partial charge is 0.343 e. The van der Waals surface area contributed by atoms with Crippen LogP contribution in [0.4, 0.5) is 5.95 Å². The highest BCUT2D eigenvalue weighted by Crippen LogP contribution is 2.20. The van der Waals surface area contributed by atoms with Crippen molar-refractivity contribution in [2.45, 2.75) is 26.2 Å². The number of hydrogen-bond acceptors (Lipinski definition) is 6. The molecule has 0 aromatic carbocycles. The maximum absolute atomic E-state index is 11.1. The Morgan fingerprint density at radius 1 is 1.37 bits per heavy atom. The monoisotopic (exact) mass is 265 g/mol. The molecule has 1 aliphatic heterocycles. The van der Waals surface area contributed by atoms with Crippen molar-refractivity contribution < 1.29 is 14.3 Å². The van der Waals surface area contributed by atoms with Gasteiger partial charge in [-0.1, -0.05) is 6.92 Å². The Labute approximate surface area is 112 Å². The Kier molecular flexibility index (Phi) is 4.54. The molecule has 0 unspecified atom stereocenters. The van der Waals surface area contributed by atoms with Crippen LogP contribution < -0.4 is 9.64 Å². The van der Waals surface area contributed by atoms with E-state index in [1.54, 1.807) is 6.07 Å². The first-order valence-electron chi connectivity index (χ1n) is 6.55. The molecule has 1 saturated heterocycles. The van der Waals surface area contributed by atoms with Gasteiger partial charge in [0, 0.05) is 24.8 Å². The van der Waals surface area contributed by atoms with Crippen molar-refractivity contribution in [1.29, 1.82) is 0 Å². The Morgan fingerprint density at radius 3 is 2.74 bits per heavy atom. The van der Waals surface area contributed by atoms with Gasteiger partial charge in [-0.2, -0.15) is 4.98 Å². The highest BCUT2D eigenvalue weighted by molar-refractivity contribution is 5.70. The van der Waals surface area contributed by atoms with Crippen molar-refractivity contribution in [2.75, 3.05) is 31.7 Å². The summed E-state index contributed by atoms with van der Waals surface area (Å²) in [6.07, 6.45) is 3.13. The van der Waals surface area contributed by atoms with E-state index in [1.165, 1.54) is 7.11 Å². The fourth-order valence-electron chi connectivity index (χ4n) is 1.96. The summed E-state index contributed by atoms with van der Waals surface area (Å²) in [5.74, 6) is 0.704. The molecule has 0 atom stereocenters. The minimum absolute atomic E-state index is 0.129. The molecular formula is C13H19N3O3. The average molecular weight is 265 g/mol. The first kappa shape index (κ1) is 13.6. The first-order valence-corrected chi connectivity index (χ1v) is 6.55. The number of methoxy groups -OCH3 is 1. The Bertz CT molecular complexity index is 445. The lowest BCUT2D eigenvalue weighted by atomic mass is 10.3. The summed E-state index contributed by atoms with van der Waals surface area (Å²) in [6.45, 7) is 3.85. The molecule has 104 valence electrons. The van der Waals surface area contributed by atoms with Gasteiger partial charge in [0.1, 0.15) is 0 Å². The summed E-state index contributed by atoms with van der Waals surface area (Å²) in [7, 11) is 1.33. The van der Waals surface area contributed by atoms with Crippen molar-refractivity contribution >= 4 is 11.9 Å². The van der Waals surface area contributed by atoms with E-state index >= 15 is 0 Å². The minimum Gasteiger partial charge on any atom is -0.466 e. The molecule has 2 heterocycles. The summed E-state index contributed by atoms with van der Waals surface area (Å²) in [5, 5.41) is 0. The molecule has 0 aliphatic carbocycles. The first-order chi connectivity index (χ1) is 9.22. The maximum Gasteiger partial charge on any atom is 0.343 e. The molecule has 1 aliphatic rings. The van der Waals surface area contributed by atoms with E-state index in [-0.39, 0.29) is 6.61 Å². The SMILES string of the molecule is CCc1cc(OCC(=O)OC)nc(N2CCCC2)n1. The maximum atomic E-state index is 11.1. The van der Waals surface area contributed by atoms with Crippen molar-refractivity contribution in [3.05, 3.63) is 11.8 Å². The minimum atomic E-state index is -0.417. The lowest BCUT2D eigenvalue weighted by molar-refractivity contribution is -0.143. The largest absolute Gasteiger partial charge is 0.466 e. The molecule has 1 aromatic heterocycles. The third kappa shape index (κ3) is 3.56. The summed E-state index contributed by atoms with van der Waals surface area (Å²) in [6, 6.07) is 1.77. The second kappa shape index (κ2) is 6.36. The number of rotatable bonds is 5. The van der Waals surface area contributed by atoms with E-state index < -0.39 is 5.97 Å². The van der Waals surface area contributed by atoms with Gasteiger partial charge in [-0.25, -0.2) is 9.78 Å². The van der Waals surface area contributed by atoms with Crippen LogP contribution in [0.5, 0.6) is 5.88 Å². The normalized spacial score (nSPS) is 14.5. The van der Waals surface area contributed by atoms with Crippen LogP contribution in [0.25, 0.3) is 0 Å². The molecule has 0 saturated carbocycles. The summed E-state index contributed by atoms with van der Waals surface area (Å²) < 4.78 is 9.89. The van der Waals surface area contributed by atoms with Crippen molar-refractivity contribution in [1.82, 2.24) is 9.97 Å². The van der Waals surface area contributed by atoms with Crippen molar-refractivity contribution in [2.24, 2.45) is 0 Å². The van der Waals surface area contributed by atoms with Gasteiger partial charge in [0.2, 0.25) is 11.8 Å². The molecule has 1 fully saturated rings. The number of carbonyl (C=O) groups is 1. The number of aryl methyl sites for hydroxylation is 1. The van der Waals surface area contributed by atoms with E-state index in [0.717, 1.165) is 38.0 Å². The van der Waals surface area contributed by atoms with Crippen LogP contribution in [-0.4, -0.2) is 42.7 Å². The molecule has 0 N–H and O–H groups in total. The second-order valence-electron chi connectivity index (χ2n) is 4.41. The van der Waals surface area contributed by atoms with Crippen LogP contribution in [0.15, 0.2) is 6.07 Å². The molecule has 2 rings (SSSR count). The van der Waals surface area contributed by atoms with Gasteiger partial charge >= 0.3 is 5.97 Å². The zero-order valence-corrected chi connectivity index (χ0v) is 11.4. The third-order valence-electron chi connectivity index (χ3n) is 3.06. The highest BCUT2D eigenvalue weighted by atomic mass is 16.6. The molecule has 1 aromatic rings. The van der Waals surface area contributed by atoms with Crippen LogP contribution in [0, 0.1) is 0 Å². The fraction of sp³-hybridized carbons (Fsp3) is 0.615. The molecule has 6 heteroatoms. The van der Waals surface area contributed by atoms with E-state index in [4.69, 9.17) is 4.74 Å². The highest BCUT2D eigenvalue weighted by Gasteiger charge is 2.17. The van der Waals surface area contributed by atoms with Gasteiger partial charge in [0.25, 0.3) is 0 Å². The van der Waals surface area contributed by atoms with Gasteiger partial charge in [0.05, 0.1) is 7.11 Å². The van der Waals surface area contributed by atoms with E-state index in [2.05, 4.69) is 19.6 Å². The summed E-state index contributed by atoms with van der Waals surface area (Å²) >= 11 is 0. The second-order valence-corrected chi connectivity index (χ2v) is 4.41. The predicted octanol–water partition coefficient (Wildman–Crippen LogP) is 1.19. The van der Waals surface area contributed by atoms with E-state index in [0.29, 0.717) is 11.8 Å². The number of anilines is 1. The fourth-order valence-corrected chi connectivity index (χ4v) is 1.96. The van der Waals surface area contributed by atoms with Crippen LogP contribution >= 0.6 is 0 Å². The molecular weight excluding hydrogens is 246 g/mol. The quantitative estimate of drug-likeness (QED) is 0.745. The third-order valence-corrected chi connectivity index (χ3v) is 3.06. The van der Waals surface area contributed by atoms with Crippen LogP contribution in [0.1, 0.15) is 25.5 Å². The van der Waals surface area contributed by atoms with Crippen LogP contribution in [-0.2, 0) is 16.0 Å². The van der Waals surface area contributed by atoms with Gasteiger partial charge in [-0.3, -0.25) is 0 Å². The van der Waals surface area contributed by atoms with Gasteiger partial charge in [-0.15, -0.1) is 0 Å². The van der Waals surface area contributed by atoms with Gasteiger partial charge in [0.15, 0.2) is 6.61 Å². The lowest BCUT2D eigenvalue weighted by Crippen LogP contribution is -2.21. The van der Waals surface area contributed by atoms with Crippen LogP contribution in [0.3, 0.4) is 0 Å². The number of esters is 1. The van der Waals surface area contributed by atoms with Crippen molar-refractivity contribution in [3.63, 3.8) is 0 Å². The Morgan fingerprint density at radius 2 is 2.11 bits per heavy atom. The number of carbonyl (C=O) groups excluding carboxylic acids is 1. The molecule has 6 nitrogen and oxygen atoms in total. The molecule has 0 amide bonds. The Hall–Kier alpha value is -1.85. The zero-order chi connectivity index (χ0) is 13.7. The standard InChI is InChI=1S/C13H19N3O3/c1-3-10-8-11(19-9-12(17)18-2)15-13(14-10)16-6-4-5-7-16/h8H,3-7,9H2,1-2H3. The van der Waals surface area contributed by atoms with E-state index in [1.807, 2.05) is 6.92 Å². The van der Waals surface area contributed by atoms with Gasteiger partial charge < -0.3 is 14.4 Å². The predicted molar refractivity (Wildman–Crippen MR) is 70.4 cm³/mol. The number of ether oxygens (including phenoxy) is 2. The summed E-state index contributed by atoms with van der Waals surface area (Å²) in [4.78, 5) is 22.1. The Balaban J connectivity index is 2.13. The molecule has 19 heavy (non-hydrogen) atoms. The topological polar surface area (TPSA) is 64.6 Å². The number of hydrogen-bond donors (Lipinski definition) is 0. The van der Waals surface area contributed by atoms with E-state index in [9.17, 15) is 4.79 Å². The van der Waals surface area contributed by atoms with Gasteiger partial charge in [-0.05, 0) is 19.3 Å². The molecule has 0 spiro atoms. The molecule has 0 bridgehead atoms. The lowest BCUT2D eigenvalue weighted by Gasteiger charge is -2.16. The summed E-state index contributed by atoms with van der Waals surface area (Å²) in [5.41, 5.74) is 0.914. The number of nitrogens with zero attached hydrogens (tertiary/aromatic N) is 3.